The second-order valence-corrected chi connectivity index (χ2v) is 6.73. The molecule has 6 heteroatoms. The first-order valence-electron chi connectivity index (χ1n) is 5.74. The van der Waals surface area contributed by atoms with Gasteiger partial charge in [-0.2, -0.15) is 0 Å². The van der Waals surface area contributed by atoms with Gasteiger partial charge in [0.1, 0.15) is 11.0 Å². The summed E-state index contributed by atoms with van der Waals surface area (Å²) >= 11 is 11.5. The number of aromatic nitrogens is 2. The molecule has 0 N–H and O–H groups in total. The monoisotopic (exact) mass is 452 g/mol. The van der Waals surface area contributed by atoms with Gasteiger partial charge < -0.3 is 0 Å². The fourth-order valence-electron chi connectivity index (χ4n) is 1.83. The van der Waals surface area contributed by atoms with Crippen molar-refractivity contribution in [3.05, 3.63) is 42.9 Å². The lowest BCUT2D eigenvalue weighted by Gasteiger charge is -2.08. The van der Waals surface area contributed by atoms with Crippen LogP contribution in [0.25, 0.3) is 11.4 Å². The Morgan fingerprint density at radius 1 is 1.32 bits per heavy atom. The van der Waals surface area contributed by atoms with Gasteiger partial charge in [-0.05, 0) is 69.6 Å². The Bertz CT molecular complexity index is 661. The van der Waals surface area contributed by atoms with Crippen LogP contribution in [0.1, 0.15) is 24.5 Å². The van der Waals surface area contributed by atoms with Crippen LogP contribution in [0.2, 0.25) is 5.15 Å². The standard InChI is InChI=1S/C13H8BrClFIN2/c14-8-5-7(3-4-9(8)16)13-18-11(6-1-2-6)10(17)12(15)19-13/h3-6H,1-2H2. The Labute approximate surface area is 137 Å². The molecule has 19 heavy (non-hydrogen) atoms. The second kappa shape index (κ2) is 5.26. The zero-order valence-corrected chi connectivity index (χ0v) is 14.1. The molecule has 1 aromatic carbocycles. The van der Waals surface area contributed by atoms with Gasteiger partial charge in [-0.1, -0.05) is 11.6 Å². The van der Waals surface area contributed by atoms with Gasteiger partial charge in [0.2, 0.25) is 0 Å². The van der Waals surface area contributed by atoms with Crippen molar-refractivity contribution in [1.82, 2.24) is 9.97 Å². The van der Waals surface area contributed by atoms with E-state index in [9.17, 15) is 4.39 Å². The summed E-state index contributed by atoms with van der Waals surface area (Å²) in [7, 11) is 0. The van der Waals surface area contributed by atoms with Crippen molar-refractivity contribution in [2.24, 2.45) is 0 Å². The number of hydrogen-bond acceptors (Lipinski definition) is 2. The maximum absolute atomic E-state index is 13.3. The van der Waals surface area contributed by atoms with Gasteiger partial charge in [0, 0.05) is 11.5 Å². The fraction of sp³-hybridized carbons (Fsp3) is 0.231. The minimum absolute atomic E-state index is 0.303. The van der Waals surface area contributed by atoms with E-state index in [2.05, 4.69) is 48.5 Å². The second-order valence-electron chi connectivity index (χ2n) is 4.44. The van der Waals surface area contributed by atoms with Crippen LogP contribution in [0.15, 0.2) is 22.7 Å². The number of rotatable bonds is 2. The average molecular weight is 453 g/mol. The lowest BCUT2D eigenvalue weighted by Crippen LogP contribution is -1.99. The van der Waals surface area contributed by atoms with E-state index in [1.165, 1.54) is 6.07 Å². The molecule has 1 heterocycles. The summed E-state index contributed by atoms with van der Waals surface area (Å²) in [6.45, 7) is 0. The van der Waals surface area contributed by atoms with Gasteiger partial charge in [0.15, 0.2) is 5.82 Å². The van der Waals surface area contributed by atoms with Crippen LogP contribution in [0, 0.1) is 9.39 Å². The van der Waals surface area contributed by atoms with Crippen LogP contribution in [0.4, 0.5) is 4.39 Å². The van der Waals surface area contributed by atoms with Crippen LogP contribution >= 0.6 is 50.1 Å². The zero-order valence-electron chi connectivity index (χ0n) is 9.63. The summed E-state index contributed by atoms with van der Waals surface area (Å²) in [4.78, 5) is 8.88. The van der Waals surface area contributed by atoms with E-state index in [-0.39, 0.29) is 5.82 Å². The molecule has 1 aliphatic rings. The maximum atomic E-state index is 13.3. The first kappa shape index (κ1) is 13.7. The molecule has 1 saturated carbocycles. The minimum Gasteiger partial charge on any atom is -0.232 e. The molecule has 0 bridgehead atoms. The lowest BCUT2D eigenvalue weighted by atomic mass is 10.2. The molecule has 0 spiro atoms. The molecule has 2 nitrogen and oxygen atoms in total. The van der Waals surface area contributed by atoms with Crippen molar-refractivity contribution < 1.29 is 4.39 Å². The molecule has 0 saturated heterocycles. The van der Waals surface area contributed by atoms with Crippen LogP contribution in [-0.2, 0) is 0 Å². The predicted molar refractivity (Wildman–Crippen MR) is 84.8 cm³/mol. The molecule has 0 amide bonds. The SMILES string of the molecule is Fc1ccc(-c2nc(Cl)c(I)c(C3CC3)n2)cc1Br. The van der Waals surface area contributed by atoms with Crippen molar-refractivity contribution in [3.8, 4) is 11.4 Å². The van der Waals surface area contributed by atoms with E-state index in [4.69, 9.17) is 11.6 Å². The lowest BCUT2D eigenvalue weighted by molar-refractivity contribution is 0.621. The van der Waals surface area contributed by atoms with Crippen molar-refractivity contribution in [2.75, 3.05) is 0 Å². The topological polar surface area (TPSA) is 25.8 Å². The van der Waals surface area contributed by atoms with Crippen LogP contribution in [0.5, 0.6) is 0 Å². The number of benzene rings is 1. The molecule has 3 rings (SSSR count). The van der Waals surface area contributed by atoms with E-state index in [1.54, 1.807) is 12.1 Å². The highest BCUT2D eigenvalue weighted by Crippen LogP contribution is 2.42. The van der Waals surface area contributed by atoms with Gasteiger partial charge in [-0.25, -0.2) is 14.4 Å². The molecule has 0 aliphatic heterocycles. The molecule has 1 aromatic heterocycles. The molecular formula is C13H8BrClFIN2. The van der Waals surface area contributed by atoms with Gasteiger partial charge in [0.05, 0.1) is 13.7 Å². The van der Waals surface area contributed by atoms with E-state index in [0.717, 1.165) is 27.7 Å². The highest BCUT2D eigenvalue weighted by Gasteiger charge is 2.29. The molecule has 0 atom stereocenters. The van der Waals surface area contributed by atoms with Gasteiger partial charge in [0.25, 0.3) is 0 Å². The molecule has 98 valence electrons. The smallest absolute Gasteiger partial charge is 0.161 e. The van der Waals surface area contributed by atoms with E-state index < -0.39 is 0 Å². The van der Waals surface area contributed by atoms with Crippen molar-refractivity contribution >= 4 is 50.1 Å². The zero-order chi connectivity index (χ0) is 13.6. The average Bonchev–Trinajstić information content (AvgIpc) is 3.20. The normalized spacial score (nSPS) is 14.7. The Balaban J connectivity index is 2.11. The van der Waals surface area contributed by atoms with Crippen LogP contribution < -0.4 is 0 Å². The highest BCUT2D eigenvalue weighted by atomic mass is 127. The minimum atomic E-state index is -0.303. The number of nitrogens with zero attached hydrogens (tertiary/aromatic N) is 2. The summed E-state index contributed by atoms with van der Waals surface area (Å²) < 4.78 is 14.6. The summed E-state index contributed by atoms with van der Waals surface area (Å²) in [5, 5.41) is 0.466. The first-order chi connectivity index (χ1) is 9.06. The third-order valence-corrected chi connectivity index (χ3v) is 5.24. The van der Waals surface area contributed by atoms with Gasteiger partial charge >= 0.3 is 0 Å². The summed E-state index contributed by atoms with van der Waals surface area (Å²) in [5.74, 6) is 0.742. The molecule has 0 unspecified atom stereocenters. The predicted octanol–water partition coefficient (Wildman–Crippen LogP) is 5.18. The largest absolute Gasteiger partial charge is 0.232 e. The first-order valence-corrected chi connectivity index (χ1v) is 7.99. The quantitative estimate of drug-likeness (QED) is 0.463. The molecule has 1 aliphatic carbocycles. The van der Waals surface area contributed by atoms with Crippen molar-refractivity contribution in [3.63, 3.8) is 0 Å². The van der Waals surface area contributed by atoms with E-state index >= 15 is 0 Å². The Morgan fingerprint density at radius 3 is 2.68 bits per heavy atom. The van der Waals surface area contributed by atoms with Gasteiger partial charge in [-0.3, -0.25) is 0 Å². The fourth-order valence-corrected chi connectivity index (χ4v) is 3.06. The van der Waals surface area contributed by atoms with Gasteiger partial charge in [-0.15, -0.1) is 0 Å². The molecule has 2 aromatic rings. The Kier molecular flexibility index (Phi) is 3.79. The highest BCUT2D eigenvalue weighted by molar-refractivity contribution is 14.1. The van der Waals surface area contributed by atoms with Crippen LogP contribution in [-0.4, -0.2) is 9.97 Å². The van der Waals surface area contributed by atoms with Crippen molar-refractivity contribution in [1.29, 1.82) is 0 Å². The third-order valence-electron chi connectivity index (χ3n) is 2.98. The van der Waals surface area contributed by atoms with E-state index in [1.807, 2.05) is 0 Å². The number of hydrogen-bond donors (Lipinski definition) is 0. The van der Waals surface area contributed by atoms with Crippen molar-refractivity contribution in [2.45, 2.75) is 18.8 Å². The molecule has 1 fully saturated rings. The summed E-state index contributed by atoms with van der Waals surface area (Å²) in [6.07, 6.45) is 2.30. The molecule has 0 radical (unpaired) electrons. The maximum Gasteiger partial charge on any atom is 0.161 e. The van der Waals surface area contributed by atoms with E-state index in [0.29, 0.717) is 21.4 Å². The summed E-state index contributed by atoms with van der Waals surface area (Å²) in [6, 6.07) is 4.73. The Morgan fingerprint density at radius 2 is 2.05 bits per heavy atom. The summed E-state index contributed by atoms with van der Waals surface area (Å²) in [5.41, 5.74) is 1.77. The van der Waals surface area contributed by atoms with Crippen LogP contribution in [0.3, 0.4) is 0 Å². The molecular weight excluding hydrogens is 445 g/mol. The Hall–Kier alpha value is -0.270. The number of halogens is 4. The third kappa shape index (κ3) is 2.78.